The zero-order valence-corrected chi connectivity index (χ0v) is 14.7. The summed E-state index contributed by atoms with van der Waals surface area (Å²) < 4.78 is 10.6. The van der Waals surface area contributed by atoms with Gasteiger partial charge in [-0.05, 0) is 30.2 Å². The van der Waals surface area contributed by atoms with Gasteiger partial charge in [-0.3, -0.25) is 4.79 Å². The number of nitrogens with one attached hydrogen (secondary N) is 1. The summed E-state index contributed by atoms with van der Waals surface area (Å²) in [6.07, 6.45) is -0.312. The van der Waals surface area contributed by atoms with Gasteiger partial charge in [-0.25, -0.2) is 4.79 Å². The zero-order chi connectivity index (χ0) is 18.1. The van der Waals surface area contributed by atoms with Gasteiger partial charge in [-0.1, -0.05) is 54.9 Å². The highest BCUT2D eigenvalue weighted by Crippen LogP contribution is 2.15. The van der Waals surface area contributed by atoms with E-state index in [0.29, 0.717) is 17.2 Å². The highest BCUT2D eigenvalue weighted by atomic mass is 35.5. The van der Waals surface area contributed by atoms with Gasteiger partial charge in [0.15, 0.2) is 12.7 Å². The Kier molecular flexibility index (Phi) is 7.29. The van der Waals surface area contributed by atoms with E-state index < -0.39 is 18.0 Å². The zero-order valence-electron chi connectivity index (χ0n) is 13.9. The standard InChI is InChI=1S/C19H20ClNO4/c1-2-17(25-15-9-4-3-5-10-15)19(23)24-13-18(22)21-12-14-8-6-7-11-16(14)20/h3-11,17H,2,12-13H2,1H3,(H,21,22)/t17-/m1/s1. The van der Waals surface area contributed by atoms with E-state index in [0.717, 1.165) is 5.56 Å². The maximum atomic E-state index is 12.1. The average molecular weight is 362 g/mol. The van der Waals surface area contributed by atoms with Gasteiger partial charge in [-0.15, -0.1) is 0 Å². The van der Waals surface area contributed by atoms with Crippen LogP contribution in [0.2, 0.25) is 5.02 Å². The lowest BCUT2D eigenvalue weighted by Gasteiger charge is -2.16. The fraction of sp³-hybridized carbons (Fsp3) is 0.263. The molecule has 0 saturated carbocycles. The molecule has 0 aliphatic heterocycles. The van der Waals surface area contributed by atoms with Gasteiger partial charge in [0.2, 0.25) is 0 Å². The van der Waals surface area contributed by atoms with E-state index in [9.17, 15) is 9.59 Å². The summed E-state index contributed by atoms with van der Waals surface area (Å²) in [5.74, 6) is -0.392. The minimum absolute atomic E-state index is 0.272. The fourth-order valence-electron chi connectivity index (χ4n) is 2.08. The van der Waals surface area contributed by atoms with Crippen LogP contribution in [0, 0.1) is 0 Å². The molecular weight excluding hydrogens is 342 g/mol. The number of carbonyl (C=O) groups is 2. The summed E-state index contributed by atoms with van der Waals surface area (Å²) in [6, 6.07) is 16.2. The number of amides is 1. The first-order valence-corrected chi connectivity index (χ1v) is 8.36. The third-order valence-corrected chi connectivity index (χ3v) is 3.80. The lowest BCUT2D eigenvalue weighted by molar-refractivity contribution is -0.155. The van der Waals surface area contributed by atoms with E-state index >= 15 is 0 Å². The molecule has 0 radical (unpaired) electrons. The van der Waals surface area contributed by atoms with Crippen LogP contribution < -0.4 is 10.1 Å². The maximum absolute atomic E-state index is 12.1. The van der Waals surface area contributed by atoms with E-state index in [4.69, 9.17) is 21.1 Å². The van der Waals surface area contributed by atoms with E-state index in [1.807, 2.05) is 43.3 Å². The molecule has 2 aromatic carbocycles. The second-order valence-corrected chi connectivity index (χ2v) is 5.71. The Morgan fingerprint density at radius 1 is 1.08 bits per heavy atom. The predicted molar refractivity (Wildman–Crippen MR) is 95.4 cm³/mol. The van der Waals surface area contributed by atoms with Crippen LogP contribution in [0.1, 0.15) is 18.9 Å². The topological polar surface area (TPSA) is 64.6 Å². The normalized spacial score (nSPS) is 11.4. The van der Waals surface area contributed by atoms with Crippen LogP contribution in [0.4, 0.5) is 0 Å². The van der Waals surface area contributed by atoms with E-state index in [1.54, 1.807) is 18.2 Å². The van der Waals surface area contributed by atoms with Gasteiger partial charge in [-0.2, -0.15) is 0 Å². The molecule has 132 valence electrons. The van der Waals surface area contributed by atoms with Crippen LogP contribution in [0.15, 0.2) is 54.6 Å². The van der Waals surface area contributed by atoms with Crippen molar-refractivity contribution in [3.8, 4) is 5.75 Å². The number of esters is 1. The third-order valence-electron chi connectivity index (χ3n) is 3.43. The third kappa shape index (κ3) is 6.12. The van der Waals surface area contributed by atoms with Crippen molar-refractivity contribution >= 4 is 23.5 Å². The number of ether oxygens (including phenoxy) is 2. The first-order valence-electron chi connectivity index (χ1n) is 7.98. The number of carbonyl (C=O) groups excluding carboxylic acids is 2. The Morgan fingerprint density at radius 2 is 1.76 bits per heavy atom. The van der Waals surface area contributed by atoms with Crippen LogP contribution in [-0.4, -0.2) is 24.6 Å². The minimum Gasteiger partial charge on any atom is -0.479 e. The van der Waals surface area contributed by atoms with Crippen molar-refractivity contribution in [2.45, 2.75) is 26.0 Å². The quantitative estimate of drug-likeness (QED) is 0.732. The lowest BCUT2D eigenvalue weighted by atomic mass is 10.2. The molecular formula is C19H20ClNO4. The second kappa shape index (κ2) is 9.69. The molecule has 0 aromatic heterocycles. The Balaban J connectivity index is 1.77. The van der Waals surface area contributed by atoms with Crippen molar-refractivity contribution < 1.29 is 19.1 Å². The molecule has 0 bridgehead atoms. The highest BCUT2D eigenvalue weighted by Gasteiger charge is 2.21. The molecule has 0 heterocycles. The molecule has 0 saturated heterocycles. The van der Waals surface area contributed by atoms with Crippen LogP contribution in [0.25, 0.3) is 0 Å². The Morgan fingerprint density at radius 3 is 2.44 bits per heavy atom. The van der Waals surface area contributed by atoms with Crippen molar-refractivity contribution in [2.75, 3.05) is 6.61 Å². The van der Waals surface area contributed by atoms with Gasteiger partial charge >= 0.3 is 5.97 Å². The molecule has 0 aliphatic rings. The minimum atomic E-state index is -0.751. The number of halogens is 1. The van der Waals surface area contributed by atoms with Crippen molar-refractivity contribution in [3.63, 3.8) is 0 Å². The van der Waals surface area contributed by atoms with Crippen LogP contribution in [0.5, 0.6) is 5.75 Å². The first kappa shape index (κ1) is 18.8. The number of hydrogen-bond donors (Lipinski definition) is 1. The fourth-order valence-corrected chi connectivity index (χ4v) is 2.28. The molecule has 5 nitrogen and oxygen atoms in total. The van der Waals surface area contributed by atoms with Gasteiger partial charge in [0.1, 0.15) is 5.75 Å². The predicted octanol–water partition coefficient (Wildman–Crippen LogP) is 3.36. The van der Waals surface area contributed by atoms with Gasteiger partial charge in [0, 0.05) is 11.6 Å². The molecule has 0 unspecified atom stereocenters. The van der Waals surface area contributed by atoms with Gasteiger partial charge in [0.05, 0.1) is 0 Å². The molecule has 2 rings (SSSR count). The van der Waals surface area contributed by atoms with Crippen LogP contribution in [-0.2, 0) is 20.9 Å². The summed E-state index contributed by atoms with van der Waals surface area (Å²) in [4.78, 5) is 23.9. The molecule has 0 aliphatic carbocycles. The van der Waals surface area contributed by atoms with Crippen LogP contribution >= 0.6 is 11.6 Å². The molecule has 1 N–H and O–H groups in total. The number of hydrogen-bond acceptors (Lipinski definition) is 4. The summed E-state index contributed by atoms with van der Waals surface area (Å²) in [7, 11) is 0. The SMILES string of the molecule is CC[C@@H](Oc1ccccc1)C(=O)OCC(=O)NCc1ccccc1Cl. The molecule has 25 heavy (non-hydrogen) atoms. The van der Waals surface area contributed by atoms with E-state index in [-0.39, 0.29) is 13.2 Å². The van der Waals surface area contributed by atoms with Gasteiger partial charge in [0.25, 0.3) is 5.91 Å². The highest BCUT2D eigenvalue weighted by molar-refractivity contribution is 6.31. The maximum Gasteiger partial charge on any atom is 0.347 e. The van der Waals surface area contributed by atoms with Crippen molar-refractivity contribution in [3.05, 3.63) is 65.2 Å². The van der Waals surface area contributed by atoms with E-state index in [2.05, 4.69) is 5.32 Å². The molecule has 1 amide bonds. The largest absolute Gasteiger partial charge is 0.479 e. The molecule has 0 spiro atoms. The Bertz CT molecular complexity index is 706. The lowest BCUT2D eigenvalue weighted by Crippen LogP contribution is -2.33. The Labute approximate surface area is 151 Å². The number of benzene rings is 2. The van der Waals surface area contributed by atoms with Crippen molar-refractivity contribution in [2.24, 2.45) is 0 Å². The van der Waals surface area contributed by atoms with Gasteiger partial charge < -0.3 is 14.8 Å². The molecule has 6 heteroatoms. The molecule has 2 aromatic rings. The van der Waals surface area contributed by atoms with Crippen molar-refractivity contribution in [1.82, 2.24) is 5.32 Å². The van der Waals surface area contributed by atoms with Crippen molar-refractivity contribution in [1.29, 1.82) is 0 Å². The summed E-state index contributed by atoms with van der Waals surface area (Å²) in [5, 5.41) is 3.23. The molecule has 1 atom stereocenters. The monoisotopic (exact) mass is 361 g/mol. The number of rotatable bonds is 8. The first-order chi connectivity index (χ1) is 12.1. The van der Waals surface area contributed by atoms with Crippen LogP contribution in [0.3, 0.4) is 0 Å². The second-order valence-electron chi connectivity index (χ2n) is 5.30. The Hall–Kier alpha value is -2.53. The molecule has 0 fully saturated rings. The summed E-state index contributed by atoms with van der Waals surface area (Å²) in [6.45, 7) is 1.72. The average Bonchev–Trinajstić information content (AvgIpc) is 2.64. The summed E-state index contributed by atoms with van der Waals surface area (Å²) >= 11 is 6.02. The smallest absolute Gasteiger partial charge is 0.347 e. The summed E-state index contributed by atoms with van der Waals surface area (Å²) in [5.41, 5.74) is 0.794. The number of para-hydroxylation sites is 1. The van der Waals surface area contributed by atoms with E-state index in [1.165, 1.54) is 0 Å².